The fourth-order valence-electron chi connectivity index (χ4n) is 3.49. The Morgan fingerprint density at radius 1 is 1.06 bits per heavy atom. The molecule has 2 amide bonds. The number of rotatable bonds is 11. The molecule has 0 fully saturated rings. The summed E-state index contributed by atoms with van der Waals surface area (Å²) in [7, 11) is 0. The molecule has 0 saturated heterocycles. The lowest BCUT2D eigenvalue weighted by atomic mass is 9.98. The zero-order valence-corrected chi connectivity index (χ0v) is 18.1. The van der Waals surface area contributed by atoms with Gasteiger partial charge in [0.15, 0.2) is 5.82 Å². The van der Waals surface area contributed by atoms with Crippen molar-refractivity contribution in [2.45, 2.75) is 39.2 Å². The molecule has 0 bridgehead atoms. The molecule has 8 heteroatoms. The highest BCUT2D eigenvalue weighted by Gasteiger charge is 2.14. The third kappa shape index (κ3) is 6.36. The van der Waals surface area contributed by atoms with Crippen LogP contribution >= 0.6 is 0 Å². The smallest absolute Gasteiger partial charge is 0.317 e. The highest BCUT2D eigenvalue weighted by Crippen LogP contribution is 2.29. The van der Waals surface area contributed by atoms with E-state index in [0.29, 0.717) is 32.0 Å². The van der Waals surface area contributed by atoms with Crippen LogP contribution < -0.4 is 11.1 Å². The Hall–Kier alpha value is -3.26. The summed E-state index contributed by atoms with van der Waals surface area (Å²) in [6, 6.07) is 16.1. The molecule has 0 aliphatic heterocycles. The van der Waals surface area contributed by atoms with Crippen LogP contribution in [0.1, 0.15) is 38.2 Å². The van der Waals surface area contributed by atoms with E-state index in [2.05, 4.69) is 45.0 Å². The number of urea groups is 1. The second-order valence-corrected chi connectivity index (χ2v) is 7.50. The highest BCUT2D eigenvalue weighted by atomic mass is 16.2. The van der Waals surface area contributed by atoms with Gasteiger partial charge in [0.1, 0.15) is 0 Å². The van der Waals surface area contributed by atoms with Gasteiger partial charge in [-0.25, -0.2) is 9.89 Å². The van der Waals surface area contributed by atoms with Crippen molar-refractivity contribution in [3.63, 3.8) is 0 Å². The number of tetrazole rings is 1. The van der Waals surface area contributed by atoms with Gasteiger partial charge in [-0.15, -0.1) is 5.10 Å². The van der Waals surface area contributed by atoms with E-state index >= 15 is 0 Å². The van der Waals surface area contributed by atoms with Crippen LogP contribution in [0.2, 0.25) is 0 Å². The molecule has 164 valence electrons. The average molecular weight is 422 g/mol. The number of nitrogens with zero attached hydrogens (tertiary/aromatic N) is 4. The molecule has 1 heterocycles. The SMILES string of the molecule is CCCCCCNC(=O)N(CCN)Cc1ccc(-c2ccccc2-c2nnn[nH]2)cc1. The van der Waals surface area contributed by atoms with E-state index in [1.807, 2.05) is 36.4 Å². The van der Waals surface area contributed by atoms with Crippen molar-refractivity contribution < 1.29 is 4.79 Å². The van der Waals surface area contributed by atoms with Crippen molar-refractivity contribution in [3.8, 4) is 22.5 Å². The third-order valence-corrected chi connectivity index (χ3v) is 5.16. The second-order valence-electron chi connectivity index (χ2n) is 7.50. The Labute approximate surface area is 183 Å². The Morgan fingerprint density at radius 3 is 2.52 bits per heavy atom. The van der Waals surface area contributed by atoms with Crippen LogP contribution in [0.25, 0.3) is 22.5 Å². The number of nitrogens with one attached hydrogen (secondary N) is 2. The first-order valence-electron chi connectivity index (χ1n) is 10.9. The number of hydrogen-bond acceptors (Lipinski definition) is 5. The standard InChI is InChI=1S/C23H31N7O/c1-2-3-4-7-15-25-23(31)30(16-14-24)17-18-10-12-19(13-11-18)20-8-5-6-9-21(20)22-26-28-29-27-22/h5-6,8-13H,2-4,7,14-17,24H2,1H3,(H,25,31)(H,26,27,28,29). The summed E-state index contributed by atoms with van der Waals surface area (Å²) >= 11 is 0. The third-order valence-electron chi connectivity index (χ3n) is 5.16. The Kier molecular flexibility index (Phi) is 8.54. The minimum atomic E-state index is -0.0609. The monoisotopic (exact) mass is 421 g/mol. The first-order chi connectivity index (χ1) is 15.2. The van der Waals surface area contributed by atoms with Crippen molar-refractivity contribution in [2.75, 3.05) is 19.6 Å². The lowest BCUT2D eigenvalue weighted by Gasteiger charge is -2.23. The zero-order chi connectivity index (χ0) is 21.9. The van der Waals surface area contributed by atoms with Crippen molar-refractivity contribution in [1.82, 2.24) is 30.8 Å². The van der Waals surface area contributed by atoms with Gasteiger partial charge in [-0.3, -0.25) is 0 Å². The summed E-state index contributed by atoms with van der Waals surface area (Å²) < 4.78 is 0. The quantitative estimate of drug-likeness (QED) is 0.410. The van der Waals surface area contributed by atoms with E-state index in [0.717, 1.165) is 35.1 Å². The van der Waals surface area contributed by atoms with Gasteiger partial charge in [-0.1, -0.05) is 74.7 Å². The summed E-state index contributed by atoms with van der Waals surface area (Å²) in [6.07, 6.45) is 4.53. The largest absolute Gasteiger partial charge is 0.338 e. The van der Waals surface area contributed by atoms with Gasteiger partial charge in [0, 0.05) is 31.7 Å². The fourth-order valence-corrected chi connectivity index (χ4v) is 3.49. The van der Waals surface area contributed by atoms with Gasteiger partial charge < -0.3 is 16.0 Å². The number of aromatic amines is 1. The molecule has 0 spiro atoms. The Bertz CT molecular complexity index is 925. The maximum Gasteiger partial charge on any atom is 0.317 e. The summed E-state index contributed by atoms with van der Waals surface area (Å²) in [5.74, 6) is 0.629. The van der Waals surface area contributed by atoms with E-state index in [9.17, 15) is 4.79 Å². The molecule has 0 unspecified atom stereocenters. The number of amides is 2. The zero-order valence-electron chi connectivity index (χ0n) is 18.1. The molecule has 0 saturated carbocycles. The number of benzene rings is 2. The maximum absolute atomic E-state index is 12.6. The summed E-state index contributed by atoms with van der Waals surface area (Å²) in [4.78, 5) is 14.3. The molecule has 2 aromatic carbocycles. The number of unbranched alkanes of at least 4 members (excludes halogenated alkanes) is 3. The maximum atomic E-state index is 12.6. The topological polar surface area (TPSA) is 113 Å². The van der Waals surface area contributed by atoms with Gasteiger partial charge in [0.2, 0.25) is 0 Å². The van der Waals surface area contributed by atoms with Gasteiger partial charge in [-0.2, -0.15) is 0 Å². The van der Waals surface area contributed by atoms with Gasteiger partial charge in [-0.05, 0) is 33.5 Å². The van der Waals surface area contributed by atoms with Gasteiger partial charge >= 0.3 is 6.03 Å². The van der Waals surface area contributed by atoms with E-state index in [4.69, 9.17) is 5.73 Å². The molecule has 3 rings (SSSR count). The number of hydrogen-bond donors (Lipinski definition) is 3. The molecule has 31 heavy (non-hydrogen) atoms. The Morgan fingerprint density at radius 2 is 1.84 bits per heavy atom. The summed E-state index contributed by atoms with van der Waals surface area (Å²) in [5, 5.41) is 17.2. The number of aromatic nitrogens is 4. The van der Waals surface area contributed by atoms with Crippen molar-refractivity contribution in [2.24, 2.45) is 5.73 Å². The van der Waals surface area contributed by atoms with Crippen LogP contribution in [-0.4, -0.2) is 51.2 Å². The summed E-state index contributed by atoms with van der Waals surface area (Å²) in [5.41, 5.74) is 9.82. The lowest BCUT2D eigenvalue weighted by Crippen LogP contribution is -2.42. The number of nitrogens with two attached hydrogens (primary N) is 1. The molecule has 3 aromatic rings. The molecule has 0 aliphatic rings. The highest BCUT2D eigenvalue weighted by molar-refractivity contribution is 5.80. The van der Waals surface area contributed by atoms with E-state index in [1.165, 1.54) is 12.8 Å². The van der Waals surface area contributed by atoms with E-state index in [1.54, 1.807) is 4.90 Å². The number of carbonyl (C=O) groups excluding carboxylic acids is 1. The first kappa shape index (κ1) is 22.4. The van der Waals surface area contributed by atoms with Crippen LogP contribution in [0.3, 0.4) is 0 Å². The van der Waals surface area contributed by atoms with Crippen LogP contribution in [-0.2, 0) is 6.54 Å². The Balaban J connectivity index is 1.66. The molecule has 4 N–H and O–H groups in total. The second kappa shape index (κ2) is 11.8. The molecule has 0 atom stereocenters. The van der Waals surface area contributed by atoms with Crippen molar-refractivity contribution in [1.29, 1.82) is 0 Å². The molecular formula is C23H31N7O. The normalized spacial score (nSPS) is 10.8. The molecule has 0 aliphatic carbocycles. The van der Waals surface area contributed by atoms with E-state index < -0.39 is 0 Å². The van der Waals surface area contributed by atoms with Crippen LogP contribution in [0, 0.1) is 0 Å². The molecule has 8 nitrogen and oxygen atoms in total. The predicted octanol–water partition coefficient (Wildman–Crippen LogP) is 3.58. The van der Waals surface area contributed by atoms with Gasteiger partial charge in [0.25, 0.3) is 0 Å². The van der Waals surface area contributed by atoms with Crippen molar-refractivity contribution >= 4 is 6.03 Å². The molecule has 0 radical (unpaired) electrons. The minimum absolute atomic E-state index is 0.0609. The van der Waals surface area contributed by atoms with Crippen LogP contribution in [0.5, 0.6) is 0 Å². The number of H-pyrrole nitrogens is 1. The fraction of sp³-hybridized carbons (Fsp3) is 0.391. The molecule has 1 aromatic heterocycles. The number of carbonyl (C=O) groups is 1. The van der Waals surface area contributed by atoms with Crippen molar-refractivity contribution in [3.05, 3.63) is 54.1 Å². The van der Waals surface area contributed by atoms with Crippen LogP contribution in [0.4, 0.5) is 4.79 Å². The minimum Gasteiger partial charge on any atom is -0.338 e. The lowest BCUT2D eigenvalue weighted by molar-refractivity contribution is 0.196. The summed E-state index contributed by atoms with van der Waals surface area (Å²) in [6.45, 7) is 4.35. The van der Waals surface area contributed by atoms with E-state index in [-0.39, 0.29) is 6.03 Å². The van der Waals surface area contributed by atoms with Crippen LogP contribution in [0.15, 0.2) is 48.5 Å². The first-order valence-corrected chi connectivity index (χ1v) is 10.9. The van der Waals surface area contributed by atoms with Gasteiger partial charge in [0.05, 0.1) is 0 Å². The molecular weight excluding hydrogens is 390 g/mol. The predicted molar refractivity (Wildman–Crippen MR) is 122 cm³/mol. The average Bonchev–Trinajstić information content (AvgIpc) is 3.34.